The average molecular weight is 380 g/mol. The van der Waals surface area contributed by atoms with E-state index in [1.54, 1.807) is 0 Å². The normalized spacial score (nSPS) is 20.8. The van der Waals surface area contributed by atoms with Crippen molar-refractivity contribution >= 4 is 17.0 Å². The molecule has 0 saturated carbocycles. The summed E-state index contributed by atoms with van der Waals surface area (Å²) < 4.78 is 13.8. The van der Waals surface area contributed by atoms with Gasteiger partial charge in [0, 0.05) is 43.8 Å². The summed E-state index contributed by atoms with van der Waals surface area (Å²) in [5.74, 6) is 0. The fourth-order valence-corrected chi connectivity index (χ4v) is 4.38. The van der Waals surface area contributed by atoms with Crippen LogP contribution in [0.3, 0.4) is 0 Å². The Labute approximate surface area is 168 Å². The van der Waals surface area contributed by atoms with E-state index in [1.807, 2.05) is 0 Å². The number of hydrogen-bond acceptors (Lipinski definition) is 3. The fraction of sp³-hybridized carbons (Fsp3) is 0.458. The van der Waals surface area contributed by atoms with Crippen molar-refractivity contribution in [1.29, 1.82) is 0 Å². The van der Waals surface area contributed by atoms with Crippen molar-refractivity contribution in [3.8, 4) is 0 Å². The number of nitrogens with zero attached hydrogens (tertiary/aromatic N) is 2. The average Bonchev–Trinajstić information content (AvgIpc) is 3.17. The zero-order chi connectivity index (χ0) is 20.1. The Morgan fingerprint density at radius 3 is 2.46 bits per heavy atom. The van der Waals surface area contributed by atoms with Gasteiger partial charge in [0.05, 0.1) is 13.2 Å². The van der Waals surface area contributed by atoms with E-state index < -0.39 is 0 Å². The molecule has 148 valence electrons. The molecule has 1 saturated heterocycles. The lowest BCUT2D eigenvalue weighted by Crippen LogP contribution is -2.31. The highest BCUT2D eigenvalue weighted by Gasteiger charge is 2.39. The minimum absolute atomic E-state index is 0.0798. The first-order valence-electron chi connectivity index (χ1n) is 10.0. The van der Waals surface area contributed by atoms with Crippen molar-refractivity contribution in [2.45, 2.75) is 32.0 Å². The van der Waals surface area contributed by atoms with Gasteiger partial charge < -0.3 is 14.4 Å². The van der Waals surface area contributed by atoms with Crippen LogP contribution in [0.2, 0.25) is 0 Å². The van der Waals surface area contributed by atoms with Gasteiger partial charge in [-0.1, -0.05) is 19.9 Å². The number of anilines is 1. The summed E-state index contributed by atoms with van der Waals surface area (Å²) in [6.07, 6.45) is 7.46. The molecule has 1 aromatic carbocycles. The largest absolute Gasteiger partial charge is 0.378 e. The van der Waals surface area contributed by atoms with Gasteiger partial charge in [-0.3, -0.25) is 0 Å². The highest BCUT2D eigenvalue weighted by Crippen LogP contribution is 2.50. The summed E-state index contributed by atoms with van der Waals surface area (Å²) in [5.41, 5.74) is 9.08. The lowest BCUT2D eigenvalue weighted by molar-refractivity contribution is -0.462. The van der Waals surface area contributed by atoms with Gasteiger partial charge in [-0.05, 0) is 46.1 Å². The molecular formula is C24H31N2O2+. The molecule has 2 aliphatic carbocycles. The standard InChI is InChI=1S/C24H31N2O2/c1-24(2)21-13-16(25(3)4)7-9-18(21)20(15-23-27-11-12-28-23)19-10-8-17(26(5)6)14-22(19)24/h7-10,13-14,23H,11-12,15H2,1-6H3/q+1. The minimum atomic E-state index is -0.154. The van der Waals surface area contributed by atoms with Crippen LogP contribution in [0.4, 0.5) is 5.69 Å². The Morgan fingerprint density at radius 1 is 1.11 bits per heavy atom. The maximum atomic E-state index is 5.80. The van der Waals surface area contributed by atoms with E-state index in [9.17, 15) is 0 Å². The highest BCUT2D eigenvalue weighted by molar-refractivity contribution is 6.05. The molecule has 4 heteroatoms. The Balaban J connectivity index is 1.93. The van der Waals surface area contributed by atoms with Crippen molar-refractivity contribution in [3.05, 3.63) is 58.7 Å². The summed E-state index contributed by atoms with van der Waals surface area (Å²) in [4.78, 5) is 2.17. The van der Waals surface area contributed by atoms with E-state index in [0.717, 1.165) is 6.42 Å². The molecule has 0 spiro atoms. The van der Waals surface area contributed by atoms with E-state index in [2.05, 4.69) is 87.9 Å². The summed E-state index contributed by atoms with van der Waals surface area (Å²) in [6, 6.07) is 6.83. The Hall–Kier alpha value is -2.17. The van der Waals surface area contributed by atoms with Crippen LogP contribution in [-0.2, 0) is 14.9 Å². The fourth-order valence-electron chi connectivity index (χ4n) is 4.38. The van der Waals surface area contributed by atoms with E-state index >= 15 is 0 Å². The van der Waals surface area contributed by atoms with Crippen LogP contribution in [0.1, 0.15) is 31.4 Å². The van der Waals surface area contributed by atoms with Gasteiger partial charge in [-0.25, -0.2) is 4.58 Å². The number of ether oxygens (including phenoxy) is 2. The van der Waals surface area contributed by atoms with Crippen LogP contribution in [-0.4, -0.2) is 58.0 Å². The molecule has 4 nitrogen and oxygen atoms in total. The first-order chi connectivity index (χ1) is 13.3. The smallest absolute Gasteiger partial charge is 0.199 e. The van der Waals surface area contributed by atoms with Crippen molar-refractivity contribution < 1.29 is 14.0 Å². The predicted octanol–water partition coefficient (Wildman–Crippen LogP) is 3.77. The van der Waals surface area contributed by atoms with Crippen LogP contribution in [0.25, 0.3) is 5.57 Å². The quantitative estimate of drug-likeness (QED) is 0.748. The maximum absolute atomic E-state index is 5.80. The van der Waals surface area contributed by atoms with Crippen LogP contribution in [0.15, 0.2) is 47.6 Å². The third-order valence-corrected chi connectivity index (χ3v) is 6.10. The van der Waals surface area contributed by atoms with Crippen LogP contribution in [0.5, 0.6) is 0 Å². The minimum Gasteiger partial charge on any atom is -0.378 e. The molecule has 0 amide bonds. The SMILES string of the molecule is CN(C)c1ccc2c(c1)C(C)(C)C1=CC(=[N+](C)C)C=CC1=C2CC1OCCO1. The van der Waals surface area contributed by atoms with Gasteiger partial charge in [-0.15, -0.1) is 0 Å². The monoisotopic (exact) mass is 379 g/mol. The van der Waals surface area contributed by atoms with Crippen molar-refractivity contribution in [1.82, 2.24) is 0 Å². The van der Waals surface area contributed by atoms with Crippen LogP contribution in [0, 0.1) is 0 Å². The third kappa shape index (κ3) is 3.15. The Kier molecular flexibility index (Phi) is 4.80. The zero-order valence-electron chi connectivity index (χ0n) is 17.9. The highest BCUT2D eigenvalue weighted by atomic mass is 16.7. The second-order valence-corrected chi connectivity index (χ2v) is 8.73. The summed E-state index contributed by atoms with van der Waals surface area (Å²) in [7, 11) is 8.39. The first-order valence-corrected chi connectivity index (χ1v) is 10.0. The first kappa shape index (κ1) is 19.2. The van der Waals surface area contributed by atoms with Gasteiger partial charge in [0.25, 0.3) is 0 Å². The lowest BCUT2D eigenvalue weighted by atomic mass is 9.64. The molecule has 3 aliphatic rings. The second kappa shape index (κ2) is 7.02. The molecule has 1 aromatic rings. The van der Waals surface area contributed by atoms with E-state index in [0.29, 0.717) is 13.2 Å². The molecule has 0 atom stereocenters. The zero-order valence-corrected chi connectivity index (χ0v) is 17.9. The number of hydrogen-bond donors (Lipinski definition) is 0. The van der Waals surface area contributed by atoms with Gasteiger partial charge in [-0.2, -0.15) is 0 Å². The second-order valence-electron chi connectivity index (χ2n) is 8.73. The molecule has 1 aliphatic heterocycles. The number of rotatable bonds is 3. The molecule has 0 bridgehead atoms. The topological polar surface area (TPSA) is 24.7 Å². The number of fused-ring (bicyclic) bond motifs is 2. The third-order valence-electron chi connectivity index (χ3n) is 6.10. The van der Waals surface area contributed by atoms with Crippen LogP contribution < -0.4 is 4.90 Å². The van der Waals surface area contributed by atoms with Gasteiger partial charge >= 0.3 is 0 Å². The maximum Gasteiger partial charge on any atom is 0.199 e. The molecule has 0 aromatic heterocycles. The summed E-state index contributed by atoms with van der Waals surface area (Å²) in [5, 5.41) is 0. The molecule has 0 unspecified atom stereocenters. The Bertz CT molecular complexity index is 922. The molecule has 0 N–H and O–H groups in total. The number of allylic oxidation sites excluding steroid dienone is 5. The van der Waals surface area contributed by atoms with E-state index in [-0.39, 0.29) is 11.7 Å². The van der Waals surface area contributed by atoms with E-state index in [1.165, 1.54) is 39.2 Å². The van der Waals surface area contributed by atoms with Gasteiger partial charge in [0.2, 0.25) is 0 Å². The summed E-state index contributed by atoms with van der Waals surface area (Å²) >= 11 is 0. The van der Waals surface area contributed by atoms with Gasteiger partial charge in [0.1, 0.15) is 14.1 Å². The molecule has 28 heavy (non-hydrogen) atoms. The van der Waals surface area contributed by atoms with Crippen molar-refractivity contribution in [3.63, 3.8) is 0 Å². The van der Waals surface area contributed by atoms with Crippen molar-refractivity contribution in [2.24, 2.45) is 0 Å². The molecule has 1 heterocycles. The van der Waals surface area contributed by atoms with Crippen molar-refractivity contribution in [2.75, 3.05) is 46.3 Å². The summed E-state index contributed by atoms with van der Waals surface area (Å²) in [6.45, 7) is 6.04. The molecule has 4 rings (SSSR count). The molecule has 0 radical (unpaired) electrons. The van der Waals surface area contributed by atoms with Gasteiger partial charge in [0.15, 0.2) is 12.0 Å². The predicted molar refractivity (Wildman–Crippen MR) is 115 cm³/mol. The molecular weight excluding hydrogens is 348 g/mol. The van der Waals surface area contributed by atoms with Crippen LogP contribution >= 0.6 is 0 Å². The molecule has 1 fully saturated rings. The Morgan fingerprint density at radius 2 is 1.82 bits per heavy atom. The van der Waals surface area contributed by atoms with E-state index in [4.69, 9.17) is 9.47 Å². The number of benzene rings is 1. The lowest BCUT2D eigenvalue weighted by Gasteiger charge is -2.39.